The maximum Gasteiger partial charge on any atom is 0.266 e. The normalized spacial score (nSPS) is 24.7. The van der Waals surface area contributed by atoms with E-state index in [1.165, 1.54) is 5.56 Å². The van der Waals surface area contributed by atoms with Crippen molar-refractivity contribution in [3.05, 3.63) is 64.5 Å². The average Bonchev–Trinajstić information content (AvgIpc) is 2.90. The Morgan fingerprint density at radius 2 is 1.56 bits per heavy atom. The third-order valence-electron chi connectivity index (χ3n) is 8.16. The summed E-state index contributed by atoms with van der Waals surface area (Å²) in [5.74, 6) is 0.995. The summed E-state index contributed by atoms with van der Waals surface area (Å²) in [5, 5.41) is 0. The molecule has 2 aliphatic rings. The Morgan fingerprint density at radius 1 is 0.861 bits per heavy atom. The zero-order valence-electron chi connectivity index (χ0n) is 21.8. The maximum atomic E-state index is 15.5. The SMILES string of the molecule is CCCCOc1ccc(C2CCC(c3ccc(C4CCC(CCC)CO4)c(F)c3C(F)F)CC2)cc1. The minimum atomic E-state index is -2.82. The van der Waals surface area contributed by atoms with Gasteiger partial charge in [-0.1, -0.05) is 51.0 Å². The van der Waals surface area contributed by atoms with Gasteiger partial charge >= 0.3 is 0 Å². The molecule has 0 spiro atoms. The molecule has 5 heteroatoms. The van der Waals surface area contributed by atoms with Gasteiger partial charge in [0.05, 0.1) is 24.9 Å². The van der Waals surface area contributed by atoms with E-state index >= 15 is 4.39 Å². The van der Waals surface area contributed by atoms with Crippen LogP contribution >= 0.6 is 0 Å². The van der Waals surface area contributed by atoms with E-state index in [0.717, 1.165) is 70.1 Å². The Kier molecular flexibility index (Phi) is 9.75. The highest BCUT2D eigenvalue weighted by Crippen LogP contribution is 2.45. The largest absolute Gasteiger partial charge is 0.494 e. The first-order valence-electron chi connectivity index (χ1n) is 14.0. The van der Waals surface area contributed by atoms with Gasteiger partial charge in [0, 0.05) is 5.56 Å². The second-order valence-corrected chi connectivity index (χ2v) is 10.6. The molecule has 1 saturated carbocycles. The molecule has 0 amide bonds. The molecule has 0 bridgehead atoms. The van der Waals surface area contributed by atoms with Crippen LogP contribution in [0, 0.1) is 11.7 Å². The van der Waals surface area contributed by atoms with Crippen molar-refractivity contribution in [1.82, 2.24) is 0 Å². The van der Waals surface area contributed by atoms with Crippen LogP contribution < -0.4 is 4.74 Å². The van der Waals surface area contributed by atoms with E-state index in [9.17, 15) is 8.78 Å². The summed E-state index contributed by atoms with van der Waals surface area (Å²) < 4.78 is 55.5. The van der Waals surface area contributed by atoms with E-state index in [2.05, 4.69) is 26.0 Å². The van der Waals surface area contributed by atoms with Crippen molar-refractivity contribution in [3.63, 3.8) is 0 Å². The molecular formula is C31H41F3O2. The van der Waals surface area contributed by atoms with Gasteiger partial charge in [-0.25, -0.2) is 13.2 Å². The Hall–Kier alpha value is -2.01. The van der Waals surface area contributed by atoms with Crippen molar-refractivity contribution in [2.45, 2.75) is 102 Å². The number of unbranched alkanes of at least 4 members (excludes halogenated alkanes) is 1. The number of benzene rings is 2. The van der Waals surface area contributed by atoms with E-state index in [-0.39, 0.29) is 5.92 Å². The topological polar surface area (TPSA) is 18.5 Å². The lowest BCUT2D eigenvalue weighted by atomic mass is 9.75. The molecule has 2 fully saturated rings. The highest BCUT2D eigenvalue weighted by molar-refractivity contribution is 5.39. The number of ether oxygens (including phenoxy) is 2. The first kappa shape index (κ1) is 27.0. The lowest BCUT2D eigenvalue weighted by Crippen LogP contribution is -2.22. The predicted molar refractivity (Wildman–Crippen MR) is 138 cm³/mol. The molecule has 2 atom stereocenters. The van der Waals surface area contributed by atoms with E-state index < -0.39 is 23.9 Å². The van der Waals surface area contributed by atoms with Crippen molar-refractivity contribution >= 4 is 0 Å². The summed E-state index contributed by atoms with van der Waals surface area (Å²) in [4.78, 5) is 0. The van der Waals surface area contributed by atoms with Gasteiger partial charge in [0.25, 0.3) is 6.43 Å². The van der Waals surface area contributed by atoms with Gasteiger partial charge in [-0.05, 0) is 92.4 Å². The van der Waals surface area contributed by atoms with Crippen molar-refractivity contribution in [2.75, 3.05) is 13.2 Å². The molecule has 0 N–H and O–H groups in total. The fourth-order valence-corrected chi connectivity index (χ4v) is 6.05. The molecule has 2 unspecified atom stereocenters. The molecule has 1 aliphatic carbocycles. The van der Waals surface area contributed by atoms with Crippen LogP contribution in [0.3, 0.4) is 0 Å². The summed E-state index contributed by atoms with van der Waals surface area (Å²) in [7, 11) is 0. The first-order valence-corrected chi connectivity index (χ1v) is 14.0. The molecule has 4 rings (SSSR count). The first-order chi connectivity index (χ1) is 17.5. The third-order valence-corrected chi connectivity index (χ3v) is 8.16. The van der Waals surface area contributed by atoms with Crippen LogP contribution in [0.15, 0.2) is 36.4 Å². The van der Waals surface area contributed by atoms with Crippen LogP contribution in [0.25, 0.3) is 0 Å². The molecule has 198 valence electrons. The molecule has 1 aliphatic heterocycles. The molecular weight excluding hydrogens is 461 g/mol. The number of alkyl halides is 2. The Balaban J connectivity index is 1.41. The molecule has 1 saturated heterocycles. The van der Waals surface area contributed by atoms with Gasteiger partial charge in [0.15, 0.2) is 0 Å². The van der Waals surface area contributed by atoms with E-state index in [4.69, 9.17) is 9.47 Å². The Morgan fingerprint density at radius 3 is 2.17 bits per heavy atom. The summed E-state index contributed by atoms with van der Waals surface area (Å²) in [6.07, 6.45) is 6.15. The van der Waals surface area contributed by atoms with Crippen molar-refractivity contribution < 1.29 is 22.6 Å². The molecule has 2 nitrogen and oxygen atoms in total. The summed E-state index contributed by atoms with van der Waals surface area (Å²) in [5.41, 5.74) is 1.66. The van der Waals surface area contributed by atoms with Crippen LogP contribution in [0.2, 0.25) is 0 Å². The average molecular weight is 503 g/mol. The van der Waals surface area contributed by atoms with Crippen LogP contribution in [0.5, 0.6) is 5.75 Å². The molecule has 1 heterocycles. The van der Waals surface area contributed by atoms with Gasteiger partial charge in [-0.3, -0.25) is 0 Å². The van der Waals surface area contributed by atoms with Gasteiger partial charge in [0.2, 0.25) is 0 Å². The molecule has 36 heavy (non-hydrogen) atoms. The fraction of sp³-hybridized carbons (Fsp3) is 0.613. The smallest absolute Gasteiger partial charge is 0.266 e. The second-order valence-electron chi connectivity index (χ2n) is 10.6. The van der Waals surface area contributed by atoms with E-state index in [1.54, 1.807) is 12.1 Å². The highest BCUT2D eigenvalue weighted by Gasteiger charge is 2.32. The van der Waals surface area contributed by atoms with Crippen molar-refractivity contribution in [3.8, 4) is 5.75 Å². The summed E-state index contributed by atoms with van der Waals surface area (Å²) in [6, 6.07) is 11.8. The number of rotatable bonds is 10. The van der Waals surface area contributed by atoms with Crippen molar-refractivity contribution in [1.29, 1.82) is 0 Å². The summed E-state index contributed by atoms with van der Waals surface area (Å²) in [6.45, 7) is 5.60. The lowest BCUT2D eigenvalue weighted by molar-refractivity contribution is -0.0215. The van der Waals surface area contributed by atoms with Crippen LogP contribution in [-0.4, -0.2) is 13.2 Å². The van der Waals surface area contributed by atoms with Crippen molar-refractivity contribution in [2.24, 2.45) is 5.92 Å². The Labute approximate surface area is 214 Å². The van der Waals surface area contributed by atoms with Crippen LogP contribution in [-0.2, 0) is 4.74 Å². The molecule has 0 aromatic heterocycles. The third kappa shape index (κ3) is 6.45. The van der Waals surface area contributed by atoms with Gasteiger partial charge in [-0.2, -0.15) is 0 Å². The van der Waals surface area contributed by atoms with Crippen LogP contribution in [0.1, 0.15) is 125 Å². The number of hydrogen-bond acceptors (Lipinski definition) is 2. The second kappa shape index (κ2) is 13.0. The zero-order valence-corrected chi connectivity index (χ0v) is 21.8. The van der Waals surface area contributed by atoms with Crippen LogP contribution in [0.4, 0.5) is 13.2 Å². The van der Waals surface area contributed by atoms with Gasteiger partial charge in [-0.15, -0.1) is 0 Å². The Bertz CT molecular complexity index is 943. The summed E-state index contributed by atoms with van der Waals surface area (Å²) >= 11 is 0. The number of halogens is 3. The monoisotopic (exact) mass is 502 g/mol. The minimum Gasteiger partial charge on any atom is -0.494 e. The minimum absolute atomic E-state index is 0.0355. The number of hydrogen-bond donors (Lipinski definition) is 0. The standard InChI is InChI=1S/C31H41F3O2/c1-3-5-19-35-25-14-12-23(13-15-25)22-8-10-24(11-9-22)26-16-17-27(30(32)29(26)31(33)34)28-18-7-21(6-4-2)20-36-28/h12-17,21-22,24,28,31H,3-11,18-20H2,1-2H3. The predicted octanol–water partition coefficient (Wildman–Crippen LogP) is 9.65. The quantitative estimate of drug-likeness (QED) is 0.301. The lowest BCUT2D eigenvalue weighted by Gasteiger charge is -2.32. The highest BCUT2D eigenvalue weighted by atomic mass is 19.3. The molecule has 0 radical (unpaired) electrons. The van der Waals surface area contributed by atoms with Gasteiger partial charge in [0.1, 0.15) is 11.6 Å². The maximum absolute atomic E-state index is 15.5. The van der Waals surface area contributed by atoms with E-state index in [0.29, 0.717) is 36.0 Å². The molecule has 2 aromatic carbocycles. The fourth-order valence-electron chi connectivity index (χ4n) is 6.05. The molecule has 2 aromatic rings. The van der Waals surface area contributed by atoms with Gasteiger partial charge < -0.3 is 9.47 Å². The van der Waals surface area contributed by atoms with E-state index in [1.807, 2.05) is 12.1 Å². The zero-order chi connectivity index (χ0) is 25.5.